The number of thiocarbonyl (C=S) groups is 1. The number of hydrogen-bond acceptors (Lipinski definition) is 3. The Morgan fingerprint density at radius 2 is 2.29 bits per heavy atom. The van der Waals surface area contributed by atoms with E-state index < -0.39 is 0 Å². The molecule has 0 saturated carbocycles. The number of thioether (sulfide) groups is 1. The van der Waals surface area contributed by atoms with Crippen molar-refractivity contribution in [2.45, 2.75) is 19.9 Å². The van der Waals surface area contributed by atoms with Crippen LogP contribution in [0.2, 0.25) is 5.02 Å². The fourth-order valence-electron chi connectivity index (χ4n) is 1.39. The van der Waals surface area contributed by atoms with Gasteiger partial charge < -0.3 is 11.1 Å². The number of anilines is 1. The van der Waals surface area contributed by atoms with Gasteiger partial charge in [-0.1, -0.05) is 30.7 Å². The summed E-state index contributed by atoms with van der Waals surface area (Å²) in [6.07, 6.45) is 0. The minimum absolute atomic E-state index is 0.369. The maximum atomic E-state index is 6.17. The van der Waals surface area contributed by atoms with Crippen LogP contribution in [0.15, 0.2) is 18.2 Å². The van der Waals surface area contributed by atoms with Crippen molar-refractivity contribution in [2.75, 3.05) is 16.8 Å². The second kappa shape index (κ2) is 7.09. The molecule has 1 aromatic carbocycles. The predicted molar refractivity (Wildman–Crippen MR) is 83.4 cm³/mol. The van der Waals surface area contributed by atoms with Crippen molar-refractivity contribution in [1.29, 1.82) is 0 Å². The van der Waals surface area contributed by atoms with E-state index in [1.807, 2.05) is 23.9 Å². The lowest BCUT2D eigenvalue weighted by Crippen LogP contribution is -2.18. The Kier molecular flexibility index (Phi) is 6.09. The van der Waals surface area contributed by atoms with Crippen LogP contribution >= 0.6 is 35.6 Å². The van der Waals surface area contributed by atoms with Gasteiger partial charge in [-0.05, 0) is 30.9 Å². The Hall–Kier alpha value is -0.450. The van der Waals surface area contributed by atoms with Gasteiger partial charge in [0.25, 0.3) is 0 Å². The smallest absolute Gasteiger partial charge is 0.104 e. The molecule has 0 spiro atoms. The first-order valence-corrected chi connectivity index (χ1v) is 7.42. The van der Waals surface area contributed by atoms with Gasteiger partial charge >= 0.3 is 0 Å². The molecule has 0 aliphatic heterocycles. The van der Waals surface area contributed by atoms with E-state index in [0.29, 0.717) is 16.1 Å². The van der Waals surface area contributed by atoms with Crippen molar-refractivity contribution in [3.63, 3.8) is 0 Å². The molecule has 0 aliphatic rings. The summed E-state index contributed by atoms with van der Waals surface area (Å²) in [5.41, 5.74) is 7.27. The van der Waals surface area contributed by atoms with Crippen molar-refractivity contribution < 1.29 is 0 Å². The Labute approximate surface area is 117 Å². The highest BCUT2D eigenvalue weighted by Gasteiger charge is 2.07. The highest BCUT2D eigenvalue weighted by Crippen LogP contribution is 2.24. The number of nitrogens with one attached hydrogen (secondary N) is 1. The Bertz CT molecular complexity index is 396. The van der Waals surface area contributed by atoms with E-state index in [9.17, 15) is 0 Å². The normalized spacial score (nSPS) is 12.2. The van der Waals surface area contributed by atoms with E-state index in [4.69, 9.17) is 29.6 Å². The first kappa shape index (κ1) is 14.6. The van der Waals surface area contributed by atoms with Crippen LogP contribution in [0.25, 0.3) is 0 Å². The summed E-state index contributed by atoms with van der Waals surface area (Å²) in [5, 5.41) is 4.03. The van der Waals surface area contributed by atoms with Crippen molar-refractivity contribution in [1.82, 2.24) is 0 Å². The number of halogens is 1. The third-order valence-electron chi connectivity index (χ3n) is 2.23. The lowest BCUT2D eigenvalue weighted by atomic mass is 10.2. The molecule has 1 atom stereocenters. The van der Waals surface area contributed by atoms with Crippen LogP contribution < -0.4 is 11.1 Å². The Morgan fingerprint density at radius 1 is 1.59 bits per heavy atom. The molecule has 0 bridgehead atoms. The van der Waals surface area contributed by atoms with Crippen LogP contribution in [0, 0.1) is 0 Å². The van der Waals surface area contributed by atoms with Gasteiger partial charge in [0.05, 0.1) is 10.7 Å². The number of hydrogen-bond donors (Lipinski definition) is 2. The van der Waals surface area contributed by atoms with Crippen LogP contribution in [0.1, 0.15) is 19.4 Å². The van der Waals surface area contributed by atoms with Gasteiger partial charge in [-0.25, -0.2) is 0 Å². The first-order valence-electron chi connectivity index (χ1n) is 5.48. The summed E-state index contributed by atoms with van der Waals surface area (Å²) in [7, 11) is 0. The van der Waals surface area contributed by atoms with E-state index in [1.54, 1.807) is 6.07 Å². The molecule has 17 heavy (non-hydrogen) atoms. The molecular weight excluding hydrogens is 272 g/mol. The molecular formula is C12H17ClN2S2. The molecule has 1 rings (SSSR count). The molecule has 0 radical (unpaired) electrons. The number of rotatable bonds is 6. The molecule has 1 aromatic rings. The summed E-state index contributed by atoms with van der Waals surface area (Å²) in [6.45, 7) is 4.29. The molecule has 0 aromatic heterocycles. The van der Waals surface area contributed by atoms with E-state index in [2.05, 4.69) is 19.2 Å². The van der Waals surface area contributed by atoms with E-state index >= 15 is 0 Å². The molecule has 0 saturated heterocycles. The first-order chi connectivity index (χ1) is 8.04. The summed E-state index contributed by atoms with van der Waals surface area (Å²) in [5.74, 6) is 2.18. The van der Waals surface area contributed by atoms with Gasteiger partial charge in [0.2, 0.25) is 0 Å². The molecule has 0 heterocycles. The topological polar surface area (TPSA) is 38.0 Å². The van der Waals surface area contributed by atoms with Gasteiger partial charge in [0.15, 0.2) is 0 Å². The molecule has 5 heteroatoms. The fraction of sp³-hybridized carbons (Fsp3) is 0.417. The van der Waals surface area contributed by atoms with E-state index in [1.165, 1.54) is 0 Å². The lowest BCUT2D eigenvalue weighted by molar-refractivity contribution is 0.913. The van der Waals surface area contributed by atoms with Crippen LogP contribution in [0.5, 0.6) is 0 Å². The van der Waals surface area contributed by atoms with Gasteiger partial charge in [-0.3, -0.25) is 0 Å². The molecule has 0 amide bonds. The quantitative estimate of drug-likeness (QED) is 0.786. The van der Waals surface area contributed by atoms with Crippen molar-refractivity contribution in [3.05, 3.63) is 28.8 Å². The predicted octanol–water partition coefficient (Wildman–Crippen LogP) is 3.53. The van der Waals surface area contributed by atoms with Crippen molar-refractivity contribution in [3.8, 4) is 0 Å². The average molecular weight is 289 g/mol. The van der Waals surface area contributed by atoms with Crippen molar-refractivity contribution in [2.24, 2.45) is 5.73 Å². The molecule has 1 unspecified atom stereocenters. The number of benzene rings is 1. The van der Waals surface area contributed by atoms with E-state index in [0.717, 1.165) is 22.8 Å². The van der Waals surface area contributed by atoms with Gasteiger partial charge in [0, 0.05) is 17.4 Å². The Morgan fingerprint density at radius 3 is 2.82 bits per heavy atom. The second-order valence-electron chi connectivity index (χ2n) is 3.76. The SMILES string of the molecule is CCSCC(C)Nc1ccc(C(N)=S)cc1Cl. The molecule has 0 aliphatic carbocycles. The standard InChI is InChI=1S/C12H17ClN2S2/c1-3-17-7-8(2)15-11-5-4-9(12(14)16)6-10(11)13/h4-6,8,15H,3,7H2,1-2H3,(H2,14,16). The summed E-state index contributed by atoms with van der Waals surface area (Å²) >= 11 is 13.0. The molecule has 2 nitrogen and oxygen atoms in total. The zero-order chi connectivity index (χ0) is 12.8. The maximum Gasteiger partial charge on any atom is 0.104 e. The number of nitrogens with two attached hydrogens (primary N) is 1. The molecule has 94 valence electrons. The van der Waals surface area contributed by atoms with Crippen LogP contribution in [0.3, 0.4) is 0 Å². The third kappa shape index (κ3) is 4.74. The van der Waals surface area contributed by atoms with Gasteiger partial charge in [0.1, 0.15) is 4.99 Å². The molecule has 3 N–H and O–H groups in total. The van der Waals surface area contributed by atoms with Crippen LogP contribution in [0.4, 0.5) is 5.69 Å². The monoisotopic (exact) mass is 288 g/mol. The minimum Gasteiger partial charge on any atom is -0.389 e. The molecule has 0 fully saturated rings. The van der Waals surface area contributed by atoms with Crippen LogP contribution in [-0.2, 0) is 0 Å². The van der Waals surface area contributed by atoms with Gasteiger partial charge in [-0.15, -0.1) is 0 Å². The largest absolute Gasteiger partial charge is 0.389 e. The van der Waals surface area contributed by atoms with Crippen LogP contribution in [-0.4, -0.2) is 22.5 Å². The lowest BCUT2D eigenvalue weighted by Gasteiger charge is -2.16. The van der Waals surface area contributed by atoms with Crippen molar-refractivity contribution >= 4 is 46.3 Å². The minimum atomic E-state index is 0.369. The average Bonchev–Trinajstić information content (AvgIpc) is 2.28. The van der Waals surface area contributed by atoms with E-state index in [-0.39, 0.29) is 0 Å². The maximum absolute atomic E-state index is 6.17. The fourth-order valence-corrected chi connectivity index (χ4v) is 2.42. The summed E-state index contributed by atoms with van der Waals surface area (Å²) in [4.78, 5) is 0.369. The second-order valence-corrected chi connectivity index (χ2v) is 5.93. The summed E-state index contributed by atoms with van der Waals surface area (Å²) in [6, 6.07) is 5.99. The third-order valence-corrected chi connectivity index (χ3v) is 3.92. The highest BCUT2D eigenvalue weighted by atomic mass is 35.5. The highest BCUT2D eigenvalue weighted by molar-refractivity contribution is 7.99. The zero-order valence-corrected chi connectivity index (χ0v) is 12.4. The summed E-state index contributed by atoms with van der Waals surface area (Å²) < 4.78 is 0. The zero-order valence-electron chi connectivity index (χ0n) is 10.00. The Balaban J connectivity index is 2.69. The van der Waals surface area contributed by atoms with Gasteiger partial charge in [-0.2, -0.15) is 11.8 Å².